The molecule has 0 fully saturated rings. The van der Waals surface area contributed by atoms with E-state index in [0.29, 0.717) is 12.5 Å². The zero-order valence-corrected chi connectivity index (χ0v) is 14.7. The summed E-state index contributed by atoms with van der Waals surface area (Å²) in [6, 6.07) is 5.80. The van der Waals surface area contributed by atoms with E-state index in [1.807, 2.05) is 0 Å². The van der Waals surface area contributed by atoms with E-state index in [2.05, 4.69) is 19.2 Å². The molecule has 1 aromatic rings. The molecule has 0 heterocycles. The third-order valence-corrected chi connectivity index (χ3v) is 3.44. The lowest BCUT2D eigenvalue weighted by molar-refractivity contribution is -0.165. The Morgan fingerprint density at radius 1 is 1.08 bits per heavy atom. The Morgan fingerprint density at radius 3 is 2.29 bits per heavy atom. The average Bonchev–Trinajstić information content (AvgIpc) is 2.53. The molecule has 0 spiro atoms. The first-order chi connectivity index (χ1) is 11.3. The fourth-order valence-electron chi connectivity index (χ4n) is 1.81. The first-order valence-electron chi connectivity index (χ1n) is 8.13. The maximum Gasteiger partial charge on any atom is 0.335 e. The number of halogens is 1. The maximum absolute atomic E-state index is 12.8. The van der Waals surface area contributed by atoms with Gasteiger partial charge in [-0.25, -0.2) is 9.18 Å². The van der Waals surface area contributed by atoms with Gasteiger partial charge in [0.05, 0.1) is 0 Å². The molecule has 0 aliphatic rings. The Labute approximate surface area is 142 Å². The predicted molar refractivity (Wildman–Crippen MR) is 88.7 cm³/mol. The number of amides is 1. The van der Waals surface area contributed by atoms with Gasteiger partial charge in [-0.3, -0.25) is 4.79 Å². The highest BCUT2D eigenvalue weighted by Gasteiger charge is 2.22. The topological polar surface area (TPSA) is 64.6 Å². The molecule has 0 aliphatic carbocycles. The second-order valence-corrected chi connectivity index (χ2v) is 6.12. The van der Waals surface area contributed by atoms with Gasteiger partial charge in [0, 0.05) is 13.2 Å². The van der Waals surface area contributed by atoms with E-state index in [9.17, 15) is 14.0 Å². The van der Waals surface area contributed by atoms with Crippen molar-refractivity contribution < 1.29 is 23.5 Å². The molecule has 0 saturated heterocycles. The van der Waals surface area contributed by atoms with Crippen molar-refractivity contribution in [2.45, 2.75) is 52.9 Å². The van der Waals surface area contributed by atoms with Crippen molar-refractivity contribution in [1.82, 2.24) is 5.32 Å². The van der Waals surface area contributed by atoms with Crippen LogP contribution in [0.3, 0.4) is 0 Å². The van der Waals surface area contributed by atoms with Gasteiger partial charge in [0.1, 0.15) is 5.82 Å². The van der Waals surface area contributed by atoms with Crippen LogP contribution in [-0.4, -0.2) is 30.7 Å². The first kappa shape index (κ1) is 20.1. The van der Waals surface area contributed by atoms with Gasteiger partial charge in [0.2, 0.25) is 0 Å². The highest BCUT2D eigenvalue weighted by Crippen LogP contribution is 2.05. The lowest BCUT2D eigenvalue weighted by Gasteiger charge is -2.17. The van der Waals surface area contributed by atoms with E-state index in [-0.39, 0.29) is 12.4 Å². The molecular formula is C18H26FNO4. The number of carbonyl (C=O) groups excluding carboxylic acids is 2. The van der Waals surface area contributed by atoms with Gasteiger partial charge in [-0.2, -0.15) is 0 Å². The number of benzene rings is 1. The predicted octanol–water partition coefficient (Wildman–Crippen LogP) is 2.82. The van der Waals surface area contributed by atoms with E-state index in [1.165, 1.54) is 19.1 Å². The third kappa shape index (κ3) is 7.55. The van der Waals surface area contributed by atoms with Gasteiger partial charge in [0.15, 0.2) is 12.2 Å². The summed E-state index contributed by atoms with van der Waals surface area (Å²) in [5.41, 5.74) is 0.758. The summed E-state index contributed by atoms with van der Waals surface area (Å²) in [4.78, 5) is 23.8. The van der Waals surface area contributed by atoms with Crippen LogP contribution in [0, 0.1) is 11.7 Å². The summed E-state index contributed by atoms with van der Waals surface area (Å²) >= 11 is 0. The van der Waals surface area contributed by atoms with Crippen LogP contribution in [0.2, 0.25) is 0 Å². The molecule has 2 unspecified atom stereocenters. The molecule has 24 heavy (non-hydrogen) atoms. The van der Waals surface area contributed by atoms with E-state index in [0.717, 1.165) is 12.0 Å². The lowest BCUT2D eigenvalue weighted by Crippen LogP contribution is -2.38. The molecule has 0 aliphatic heterocycles. The summed E-state index contributed by atoms with van der Waals surface area (Å²) in [6.07, 6.45) is -0.782. The molecule has 5 nitrogen and oxygen atoms in total. The Hall–Kier alpha value is -1.95. The van der Waals surface area contributed by atoms with Crippen molar-refractivity contribution in [3.63, 3.8) is 0 Å². The molecule has 1 rings (SSSR count). The number of ether oxygens (including phenoxy) is 2. The number of hydrogen-bond acceptors (Lipinski definition) is 4. The van der Waals surface area contributed by atoms with Crippen LogP contribution >= 0.6 is 0 Å². The highest BCUT2D eigenvalue weighted by atomic mass is 19.1. The normalized spacial score (nSPS) is 13.4. The van der Waals surface area contributed by atoms with Crippen LogP contribution in [0.5, 0.6) is 0 Å². The van der Waals surface area contributed by atoms with Crippen LogP contribution in [0.1, 0.15) is 39.7 Å². The molecule has 0 bridgehead atoms. The van der Waals surface area contributed by atoms with Gasteiger partial charge in [-0.05, 0) is 43.9 Å². The van der Waals surface area contributed by atoms with Crippen LogP contribution in [0.15, 0.2) is 24.3 Å². The zero-order valence-electron chi connectivity index (χ0n) is 14.7. The van der Waals surface area contributed by atoms with Crippen LogP contribution in [-0.2, 0) is 25.6 Å². The fourth-order valence-corrected chi connectivity index (χ4v) is 1.81. The third-order valence-electron chi connectivity index (χ3n) is 3.44. The number of esters is 1. The number of hydrogen-bond donors (Lipinski definition) is 1. The number of rotatable bonds is 9. The second-order valence-electron chi connectivity index (χ2n) is 6.12. The minimum Gasteiger partial charge on any atom is -0.451 e. The molecule has 1 aromatic carbocycles. The SMILES string of the molecule is CC(C)CCOC(C)C(=O)OC(C)C(=O)NCc1ccc(F)cc1. The molecule has 134 valence electrons. The van der Waals surface area contributed by atoms with Crippen molar-refractivity contribution in [1.29, 1.82) is 0 Å². The van der Waals surface area contributed by atoms with Gasteiger partial charge in [0.25, 0.3) is 5.91 Å². The monoisotopic (exact) mass is 339 g/mol. The molecular weight excluding hydrogens is 313 g/mol. The summed E-state index contributed by atoms with van der Waals surface area (Å²) in [6.45, 7) is 7.95. The minimum absolute atomic E-state index is 0.238. The Kier molecular flexibility index (Phi) is 8.40. The van der Waals surface area contributed by atoms with Crippen molar-refractivity contribution >= 4 is 11.9 Å². The van der Waals surface area contributed by atoms with Gasteiger partial charge in [-0.15, -0.1) is 0 Å². The van der Waals surface area contributed by atoms with E-state index in [4.69, 9.17) is 9.47 Å². The van der Waals surface area contributed by atoms with Crippen molar-refractivity contribution in [3.05, 3.63) is 35.6 Å². The van der Waals surface area contributed by atoms with Crippen LogP contribution in [0.4, 0.5) is 4.39 Å². The number of carbonyl (C=O) groups is 2. The molecule has 0 saturated carbocycles. The molecule has 2 atom stereocenters. The molecule has 1 amide bonds. The van der Waals surface area contributed by atoms with Crippen molar-refractivity contribution in [2.75, 3.05) is 6.61 Å². The first-order valence-corrected chi connectivity index (χ1v) is 8.13. The smallest absolute Gasteiger partial charge is 0.335 e. The summed E-state index contributed by atoms with van der Waals surface area (Å²) in [7, 11) is 0. The van der Waals surface area contributed by atoms with E-state index in [1.54, 1.807) is 19.1 Å². The molecule has 0 aromatic heterocycles. The fraction of sp³-hybridized carbons (Fsp3) is 0.556. The van der Waals surface area contributed by atoms with E-state index < -0.39 is 24.1 Å². The summed E-state index contributed by atoms with van der Waals surface area (Å²) < 4.78 is 23.3. The van der Waals surface area contributed by atoms with E-state index >= 15 is 0 Å². The molecule has 1 N–H and O–H groups in total. The Morgan fingerprint density at radius 2 is 1.71 bits per heavy atom. The zero-order chi connectivity index (χ0) is 18.1. The van der Waals surface area contributed by atoms with Gasteiger partial charge in [-0.1, -0.05) is 26.0 Å². The Bertz CT molecular complexity index is 530. The minimum atomic E-state index is -0.922. The number of nitrogens with one attached hydrogen (secondary N) is 1. The summed E-state index contributed by atoms with van der Waals surface area (Å²) in [5.74, 6) is -0.826. The van der Waals surface area contributed by atoms with Gasteiger partial charge >= 0.3 is 5.97 Å². The van der Waals surface area contributed by atoms with Crippen LogP contribution < -0.4 is 5.32 Å². The lowest BCUT2D eigenvalue weighted by atomic mass is 10.1. The largest absolute Gasteiger partial charge is 0.451 e. The quantitative estimate of drug-likeness (QED) is 0.703. The second kappa shape index (κ2) is 10.0. The van der Waals surface area contributed by atoms with Crippen LogP contribution in [0.25, 0.3) is 0 Å². The summed E-state index contributed by atoms with van der Waals surface area (Å²) in [5, 5.41) is 2.64. The van der Waals surface area contributed by atoms with Crippen molar-refractivity contribution in [3.8, 4) is 0 Å². The average molecular weight is 339 g/mol. The van der Waals surface area contributed by atoms with Gasteiger partial charge < -0.3 is 14.8 Å². The maximum atomic E-state index is 12.8. The Balaban J connectivity index is 2.34. The highest BCUT2D eigenvalue weighted by molar-refractivity contribution is 5.84. The standard InChI is InChI=1S/C18H26FNO4/c1-12(2)9-10-23-14(4)18(22)24-13(3)17(21)20-11-15-5-7-16(19)8-6-15/h5-8,12-14H,9-11H2,1-4H3,(H,20,21). The van der Waals surface area contributed by atoms with Crippen molar-refractivity contribution in [2.24, 2.45) is 5.92 Å². The molecule has 0 radical (unpaired) electrons. The molecule has 6 heteroatoms.